The topological polar surface area (TPSA) is 41.9 Å². The molecule has 1 aromatic carbocycles. The summed E-state index contributed by atoms with van der Waals surface area (Å²) >= 11 is 0. The van der Waals surface area contributed by atoms with Crippen LogP contribution in [0.15, 0.2) is 18.2 Å². The Balaban J connectivity index is 1.72. The standard InChI is InChI=1S/C21H31NO3/c1-14-19-20(25-11-10-24-3)17-7-6-16(23)12-18(17)21(14,2)8-9-22(19)13-15-4-5-15/h6-7,12,14-15,19-20,23H,4-5,8-11,13H2,1-3H3/t14-,19-,20+,21+/m0/s1. The van der Waals surface area contributed by atoms with Crippen molar-refractivity contribution in [3.05, 3.63) is 29.3 Å². The van der Waals surface area contributed by atoms with Crippen LogP contribution in [-0.2, 0) is 14.9 Å². The zero-order valence-corrected chi connectivity index (χ0v) is 15.7. The summed E-state index contributed by atoms with van der Waals surface area (Å²) in [5.74, 6) is 1.75. The van der Waals surface area contributed by atoms with Gasteiger partial charge in [0.1, 0.15) is 5.75 Å². The molecule has 3 aliphatic rings. The Morgan fingerprint density at radius 3 is 2.80 bits per heavy atom. The van der Waals surface area contributed by atoms with E-state index in [9.17, 15) is 5.11 Å². The molecule has 2 fully saturated rings. The summed E-state index contributed by atoms with van der Waals surface area (Å²) in [6, 6.07) is 6.28. The highest BCUT2D eigenvalue weighted by molar-refractivity contribution is 5.45. The molecule has 1 heterocycles. The molecule has 4 nitrogen and oxygen atoms in total. The molecule has 4 rings (SSSR count). The average molecular weight is 345 g/mol. The van der Waals surface area contributed by atoms with E-state index in [1.807, 2.05) is 12.1 Å². The fourth-order valence-electron chi connectivity index (χ4n) is 5.04. The average Bonchev–Trinajstić information content (AvgIpc) is 3.40. The SMILES string of the molecule is COCCO[C@@H]1c2ccc(O)cc2[C@]2(C)CCN(CC3CC3)[C@H]1[C@@H]2C. The van der Waals surface area contributed by atoms with E-state index < -0.39 is 0 Å². The van der Waals surface area contributed by atoms with E-state index in [0.29, 0.717) is 30.9 Å². The van der Waals surface area contributed by atoms with Crippen molar-refractivity contribution >= 4 is 0 Å². The number of benzene rings is 1. The Bertz CT molecular complexity index is 630. The summed E-state index contributed by atoms with van der Waals surface area (Å²) in [6.07, 6.45) is 3.98. The van der Waals surface area contributed by atoms with Gasteiger partial charge in [0.25, 0.3) is 0 Å². The molecule has 0 aromatic heterocycles. The molecule has 2 aliphatic carbocycles. The van der Waals surface area contributed by atoms with Crippen LogP contribution in [0.3, 0.4) is 0 Å². The van der Waals surface area contributed by atoms with Crippen LogP contribution < -0.4 is 0 Å². The first kappa shape index (κ1) is 17.3. The van der Waals surface area contributed by atoms with Crippen LogP contribution in [0.25, 0.3) is 0 Å². The van der Waals surface area contributed by atoms with Crippen molar-refractivity contribution in [3.8, 4) is 5.75 Å². The van der Waals surface area contributed by atoms with E-state index in [1.54, 1.807) is 7.11 Å². The third-order valence-electron chi connectivity index (χ3n) is 6.90. The molecule has 25 heavy (non-hydrogen) atoms. The van der Waals surface area contributed by atoms with Gasteiger partial charge in [-0.15, -0.1) is 0 Å². The summed E-state index contributed by atoms with van der Waals surface area (Å²) in [6.45, 7) is 8.32. The monoisotopic (exact) mass is 345 g/mol. The molecule has 0 radical (unpaired) electrons. The lowest BCUT2D eigenvalue weighted by molar-refractivity contribution is -0.0939. The number of phenolic OH excluding ortho intramolecular Hbond substituents is 1. The molecule has 4 atom stereocenters. The van der Waals surface area contributed by atoms with Crippen molar-refractivity contribution in [3.63, 3.8) is 0 Å². The maximum atomic E-state index is 10.1. The molecule has 0 spiro atoms. The van der Waals surface area contributed by atoms with Gasteiger partial charge in [0.2, 0.25) is 0 Å². The molecule has 138 valence electrons. The van der Waals surface area contributed by atoms with Crippen molar-refractivity contribution in [1.82, 2.24) is 4.90 Å². The number of likely N-dealkylation sites (tertiary alicyclic amines) is 1. The van der Waals surface area contributed by atoms with Crippen LogP contribution >= 0.6 is 0 Å². The van der Waals surface area contributed by atoms with Gasteiger partial charge in [0, 0.05) is 19.7 Å². The minimum Gasteiger partial charge on any atom is -0.508 e. The second kappa shape index (κ2) is 6.57. The number of ether oxygens (including phenoxy) is 2. The van der Waals surface area contributed by atoms with Gasteiger partial charge >= 0.3 is 0 Å². The van der Waals surface area contributed by atoms with Crippen LogP contribution in [0.1, 0.15) is 50.3 Å². The number of hydrogen-bond acceptors (Lipinski definition) is 4. The normalized spacial score (nSPS) is 34.8. The second-order valence-electron chi connectivity index (χ2n) is 8.44. The van der Waals surface area contributed by atoms with Gasteiger partial charge in [-0.1, -0.05) is 19.9 Å². The van der Waals surface area contributed by atoms with Crippen LogP contribution in [0.5, 0.6) is 5.75 Å². The Morgan fingerprint density at radius 2 is 2.08 bits per heavy atom. The zero-order chi connectivity index (χ0) is 17.6. The maximum Gasteiger partial charge on any atom is 0.115 e. The summed E-state index contributed by atoms with van der Waals surface area (Å²) in [5, 5.41) is 10.1. The van der Waals surface area contributed by atoms with Crippen LogP contribution in [0.2, 0.25) is 0 Å². The predicted molar refractivity (Wildman–Crippen MR) is 97.9 cm³/mol. The lowest BCUT2D eigenvalue weighted by Crippen LogP contribution is -2.60. The Hall–Kier alpha value is -1.10. The van der Waals surface area contributed by atoms with Crippen molar-refractivity contribution < 1.29 is 14.6 Å². The molecule has 1 saturated heterocycles. The minimum absolute atomic E-state index is 0.0628. The first-order chi connectivity index (χ1) is 12.0. The molecule has 0 amide bonds. The third-order valence-corrected chi connectivity index (χ3v) is 6.90. The largest absolute Gasteiger partial charge is 0.508 e. The fourth-order valence-corrected chi connectivity index (χ4v) is 5.04. The fraction of sp³-hybridized carbons (Fsp3) is 0.714. The summed E-state index contributed by atoms with van der Waals surface area (Å²) < 4.78 is 11.6. The first-order valence-electron chi connectivity index (χ1n) is 9.72. The third kappa shape index (κ3) is 2.98. The number of fused-ring (bicyclic) bond motifs is 4. The zero-order valence-electron chi connectivity index (χ0n) is 15.7. The summed E-state index contributed by atoms with van der Waals surface area (Å²) in [7, 11) is 1.72. The summed E-state index contributed by atoms with van der Waals surface area (Å²) in [4.78, 5) is 2.69. The smallest absolute Gasteiger partial charge is 0.115 e. The predicted octanol–water partition coefficient (Wildman–Crippen LogP) is 3.49. The van der Waals surface area contributed by atoms with E-state index in [-0.39, 0.29) is 11.5 Å². The van der Waals surface area contributed by atoms with Gasteiger partial charge in [0.05, 0.1) is 19.3 Å². The molecule has 1 aromatic rings. The van der Waals surface area contributed by atoms with Gasteiger partial charge in [-0.05, 0) is 66.3 Å². The van der Waals surface area contributed by atoms with Gasteiger partial charge in [-0.2, -0.15) is 0 Å². The van der Waals surface area contributed by atoms with Crippen LogP contribution in [-0.4, -0.2) is 49.5 Å². The first-order valence-corrected chi connectivity index (χ1v) is 9.72. The van der Waals surface area contributed by atoms with Gasteiger partial charge in [0.15, 0.2) is 0 Å². The van der Waals surface area contributed by atoms with Crippen molar-refractivity contribution in [2.45, 2.75) is 50.7 Å². The van der Waals surface area contributed by atoms with E-state index in [0.717, 1.165) is 18.9 Å². The minimum atomic E-state index is 0.0628. The van der Waals surface area contributed by atoms with Gasteiger partial charge in [-0.25, -0.2) is 0 Å². The highest BCUT2D eigenvalue weighted by Crippen LogP contribution is 2.54. The van der Waals surface area contributed by atoms with Crippen LogP contribution in [0, 0.1) is 11.8 Å². The number of hydrogen-bond donors (Lipinski definition) is 1. The highest BCUT2D eigenvalue weighted by Gasteiger charge is 2.53. The van der Waals surface area contributed by atoms with E-state index in [1.165, 1.54) is 30.5 Å². The van der Waals surface area contributed by atoms with Gasteiger partial charge < -0.3 is 14.6 Å². The molecule has 4 heteroatoms. The number of rotatable bonds is 6. The van der Waals surface area contributed by atoms with Crippen molar-refractivity contribution in [1.29, 1.82) is 0 Å². The number of phenols is 1. The molecule has 1 saturated carbocycles. The molecule has 2 bridgehead atoms. The Kier molecular flexibility index (Phi) is 4.55. The molecule has 1 aliphatic heterocycles. The number of piperidine rings is 1. The van der Waals surface area contributed by atoms with Crippen molar-refractivity contribution in [2.75, 3.05) is 33.4 Å². The Morgan fingerprint density at radius 1 is 1.28 bits per heavy atom. The molecular weight excluding hydrogens is 314 g/mol. The highest BCUT2D eigenvalue weighted by atomic mass is 16.5. The van der Waals surface area contributed by atoms with Crippen molar-refractivity contribution in [2.24, 2.45) is 11.8 Å². The number of methoxy groups -OCH3 is 1. The van der Waals surface area contributed by atoms with E-state index >= 15 is 0 Å². The van der Waals surface area contributed by atoms with E-state index in [2.05, 4.69) is 24.8 Å². The lowest BCUT2D eigenvalue weighted by atomic mass is 9.58. The quantitative estimate of drug-likeness (QED) is 0.802. The maximum absolute atomic E-state index is 10.1. The molecule has 0 unspecified atom stereocenters. The van der Waals surface area contributed by atoms with E-state index in [4.69, 9.17) is 9.47 Å². The number of nitrogens with zero attached hydrogens (tertiary/aromatic N) is 1. The van der Waals surface area contributed by atoms with Crippen LogP contribution in [0.4, 0.5) is 0 Å². The molecule has 1 N–H and O–H groups in total. The molecular formula is C21H31NO3. The Labute approximate surface area is 151 Å². The number of aromatic hydroxyl groups is 1. The second-order valence-corrected chi connectivity index (χ2v) is 8.44. The van der Waals surface area contributed by atoms with Gasteiger partial charge in [-0.3, -0.25) is 4.90 Å². The lowest BCUT2D eigenvalue weighted by Gasteiger charge is -2.57. The summed E-state index contributed by atoms with van der Waals surface area (Å²) in [5.41, 5.74) is 2.66.